The summed E-state index contributed by atoms with van der Waals surface area (Å²) in [6, 6.07) is 1.32. The maximum atomic E-state index is 5.93. The fraction of sp³-hybridized carbons (Fsp3) is 1.00. The lowest BCUT2D eigenvalue weighted by molar-refractivity contribution is 0.145. The Morgan fingerprint density at radius 3 is 2.35 bits per heavy atom. The third-order valence-electron chi connectivity index (χ3n) is 4.60. The predicted molar refractivity (Wildman–Crippen MR) is 73.2 cm³/mol. The second-order valence-corrected chi connectivity index (χ2v) is 5.95. The highest BCUT2D eigenvalue weighted by Gasteiger charge is 2.20. The average Bonchev–Trinajstić information content (AvgIpc) is 2.39. The Hall–Kier alpha value is -0.120. The molecular formula is C14H29N3. The minimum Gasteiger partial charge on any atom is -0.328 e. The van der Waals surface area contributed by atoms with Crippen molar-refractivity contribution in [3.63, 3.8) is 0 Å². The smallest absolute Gasteiger partial charge is 0.0109 e. The Labute approximate surface area is 106 Å². The lowest BCUT2D eigenvalue weighted by atomic mass is 9.94. The van der Waals surface area contributed by atoms with Crippen molar-refractivity contribution in [3.8, 4) is 0 Å². The maximum Gasteiger partial charge on any atom is 0.0109 e. The predicted octanol–water partition coefficient (Wildman–Crippen LogP) is 1.67. The van der Waals surface area contributed by atoms with Gasteiger partial charge in [0.05, 0.1) is 0 Å². The minimum atomic E-state index is 0.460. The van der Waals surface area contributed by atoms with E-state index in [2.05, 4.69) is 16.8 Å². The summed E-state index contributed by atoms with van der Waals surface area (Å²) < 4.78 is 0. The Balaban J connectivity index is 1.63. The number of piperidine rings is 1. The van der Waals surface area contributed by atoms with E-state index in [1.165, 1.54) is 71.1 Å². The number of hydrogen-bond acceptors (Lipinski definition) is 3. The topological polar surface area (TPSA) is 32.5 Å². The second-order valence-electron chi connectivity index (χ2n) is 5.95. The molecule has 0 aromatic carbocycles. The SMILES string of the molecule is CN(CCN1CCC(N)CC1)C1CCCCC1. The largest absolute Gasteiger partial charge is 0.328 e. The summed E-state index contributed by atoms with van der Waals surface area (Å²) in [4.78, 5) is 5.18. The number of hydrogen-bond donors (Lipinski definition) is 1. The Morgan fingerprint density at radius 2 is 1.71 bits per heavy atom. The standard InChI is InChI=1S/C14H29N3/c1-16(14-5-3-2-4-6-14)11-12-17-9-7-13(15)8-10-17/h13-14H,2-12,15H2,1H3. The Morgan fingerprint density at radius 1 is 1.06 bits per heavy atom. The summed E-state index contributed by atoms with van der Waals surface area (Å²) >= 11 is 0. The van der Waals surface area contributed by atoms with Crippen LogP contribution in [-0.2, 0) is 0 Å². The van der Waals surface area contributed by atoms with Crippen LogP contribution in [0, 0.1) is 0 Å². The lowest BCUT2D eigenvalue weighted by Crippen LogP contribution is -2.44. The zero-order valence-corrected chi connectivity index (χ0v) is 11.4. The van der Waals surface area contributed by atoms with Gasteiger partial charge in [0.2, 0.25) is 0 Å². The number of likely N-dealkylation sites (tertiary alicyclic amines) is 1. The number of likely N-dealkylation sites (N-methyl/N-ethyl adjacent to an activating group) is 1. The van der Waals surface area contributed by atoms with Crippen molar-refractivity contribution in [2.45, 2.75) is 57.0 Å². The highest BCUT2D eigenvalue weighted by molar-refractivity contribution is 4.77. The Bertz CT molecular complexity index is 206. The van der Waals surface area contributed by atoms with Crippen molar-refractivity contribution in [2.24, 2.45) is 5.73 Å². The summed E-state index contributed by atoms with van der Waals surface area (Å²) in [5.41, 5.74) is 5.93. The van der Waals surface area contributed by atoms with E-state index in [0.29, 0.717) is 6.04 Å². The van der Waals surface area contributed by atoms with Crippen molar-refractivity contribution in [1.82, 2.24) is 9.80 Å². The molecule has 2 N–H and O–H groups in total. The number of rotatable bonds is 4. The van der Waals surface area contributed by atoms with Crippen molar-refractivity contribution in [3.05, 3.63) is 0 Å². The molecule has 0 aromatic heterocycles. The van der Waals surface area contributed by atoms with Crippen LogP contribution < -0.4 is 5.73 Å². The van der Waals surface area contributed by atoms with Crippen LogP contribution in [0.1, 0.15) is 44.9 Å². The first-order chi connectivity index (χ1) is 8.25. The third kappa shape index (κ3) is 4.23. The average molecular weight is 239 g/mol. The molecule has 0 unspecified atom stereocenters. The molecule has 0 aromatic rings. The molecule has 0 atom stereocenters. The van der Waals surface area contributed by atoms with Crippen LogP contribution >= 0.6 is 0 Å². The molecule has 2 fully saturated rings. The van der Waals surface area contributed by atoms with Gasteiger partial charge in [-0.3, -0.25) is 0 Å². The molecule has 0 amide bonds. The fourth-order valence-electron chi connectivity index (χ4n) is 3.18. The van der Waals surface area contributed by atoms with Crippen LogP contribution in [0.4, 0.5) is 0 Å². The van der Waals surface area contributed by atoms with E-state index in [0.717, 1.165) is 6.04 Å². The van der Waals surface area contributed by atoms with Crippen molar-refractivity contribution < 1.29 is 0 Å². The normalized spacial score (nSPS) is 25.6. The molecule has 3 heteroatoms. The van der Waals surface area contributed by atoms with Gasteiger partial charge in [-0.2, -0.15) is 0 Å². The Kier molecular flexibility index (Phi) is 5.26. The van der Waals surface area contributed by atoms with Gasteiger partial charge in [-0.25, -0.2) is 0 Å². The van der Waals surface area contributed by atoms with E-state index in [9.17, 15) is 0 Å². The van der Waals surface area contributed by atoms with E-state index < -0.39 is 0 Å². The zero-order chi connectivity index (χ0) is 12.1. The van der Waals surface area contributed by atoms with Gasteiger partial charge in [-0.05, 0) is 45.8 Å². The second kappa shape index (κ2) is 6.72. The number of nitrogens with zero attached hydrogens (tertiary/aromatic N) is 2. The van der Waals surface area contributed by atoms with Crippen molar-refractivity contribution >= 4 is 0 Å². The molecular weight excluding hydrogens is 210 g/mol. The van der Waals surface area contributed by atoms with Crippen LogP contribution in [0.2, 0.25) is 0 Å². The molecule has 0 spiro atoms. The summed E-state index contributed by atoms with van der Waals surface area (Å²) in [7, 11) is 2.31. The van der Waals surface area contributed by atoms with Gasteiger partial charge >= 0.3 is 0 Å². The minimum absolute atomic E-state index is 0.460. The van der Waals surface area contributed by atoms with Crippen LogP contribution in [0.15, 0.2) is 0 Å². The first kappa shape index (κ1) is 13.3. The first-order valence-electron chi connectivity index (χ1n) is 7.44. The molecule has 100 valence electrons. The summed E-state index contributed by atoms with van der Waals surface area (Å²) in [6.45, 7) is 4.89. The highest BCUT2D eigenvalue weighted by atomic mass is 15.2. The van der Waals surface area contributed by atoms with Crippen LogP contribution in [0.25, 0.3) is 0 Å². The van der Waals surface area contributed by atoms with Crippen molar-refractivity contribution in [1.29, 1.82) is 0 Å². The van der Waals surface area contributed by atoms with E-state index in [1.54, 1.807) is 0 Å². The molecule has 1 aliphatic heterocycles. The maximum absolute atomic E-state index is 5.93. The summed E-state index contributed by atoms with van der Waals surface area (Å²) in [5.74, 6) is 0. The molecule has 1 heterocycles. The van der Waals surface area contributed by atoms with Crippen LogP contribution in [0.5, 0.6) is 0 Å². The van der Waals surface area contributed by atoms with Crippen LogP contribution in [0.3, 0.4) is 0 Å². The molecule has 1 aliphatic carbocycles. The van der Waals surface area contributed by atoms with Gasteiger partial charge in [0, 0.05) is 25.2 Å². The van der Waals surface area contributed by atoms with Crippen LogP contribution in [-0.4, -0.2) is 55.1 Å². The highest BCUT2D eigenvalue weighted by Crippen LogP contribution is 2.21. The molecule has 2 aliphatic rings. The fourth-order valence-corrected chi connectivity index (χ4v) is 3.18. The van der Waals surface area contributed by atoms with Gasteiger partial charge in [0.1, 0.15) is 0 Å². The number of nitrogens with two attached hydrogens (primary N) is 1. The zero-order valence-electron chi connectivity index (χ0n) is 11.4. The lowest BCUT2D eigenvalue weighted by Gasteiger charge is -2.35. The molecule has 17 heavy (non-hydrogen) atoms. The third-order valence-corrected chi connectivity index (χ3v) is 4.60. The molecule has 3 nitrogen and oxygen atoms in total. The van der Waals surface area contributed by atoms with E-state index >= 15 is 0 Å². The molecule has 0 radical (unpaired) electrons. The summed E-state index contributed by atoms with van der Waals surface area (Å²) in [6.07, 6.45) is 9.54. The monoisotopic (exact) mass is 239 g/mol. The molecule has 1 saturated heterocycles. The van der Waals surface area contributed by atoms with Crippen molar-refractivity contribution in [2.75, 3.05) is 33.2 Å². The first-order valence-corrected chi connectivity index (χ1v) is 7.44. The molecule has 1 saturated carbocycles. The van der Waals surface area contributed by atoms with E-state index in [1.807, 2.05) is 0 Å². The van der Waals surface area contributed by atoms with Gasteiger partial charge in [0.15, 0.2) is 0 Å². The quantitative estimate of drug-likeness (QED) is 0.810. The van der Waals surface area contributed by atoms with Gasteiger partial charge in [0.25, 0.3) is 0 Å². The van der Waals surface area contributed by atoms with Gasteiger partial charge in [-0.15, -0.1) is 0 Å². The van der Waals surface area contributed by atoms with Gasteiger partial charge in [-0.1, -0.05) is 19.3 Å². The molecule has 0 bridgehead atoms. The summed E-state index contributed by atoms with van der Waals surface area (Å²) in [5, 5.41) is 0. The van der Waals surface area contributed by atoms with E-state index in [4.69, 9.17) is 5.73 Å². The molecule has 2 rings (SSSR count). The van der Waals surface area contributed by atoms with Gasteiger partial charge < -0.3 is 15.5 Å². The van der Waals surface area contributed by atoms with E-state index in [-0.39, 0.29) is 0 Å².